The van der Waals surface area contributed by atoms with Crippen molar-refractivity contribution in [1.82, 2.24) is 5.32 Å². The van der Waals surface area contributed by atoms with Crippen molar-refractivity contribution < 1.29 is 17.9 Å². The Bertz CT molecular complexity index is 1450. The van der Waals surface area contributed by atoms with Crippen LogP contribution in [0.4, 0.5) is 5.69 Å². The number of sulfonamides is 1. The Morgan fingerprint density at radius 3 is 2.34 bits per heavy atom. The van der Waals surface area contributed by atoms with Gasteiger partial charge in [-0.15, -0.1) is 0 Å². The van der Waals surface area contributed by atoms with Gasteiger partial charge in [0.2, 0.25) is 5.91 Å². The molecule has 0 atom stereocenters. The Hall–Kier alpha value is -3.26. The van der Waals surface area contributed by atoms with Gasteiger partial charge in [0.15, 0.2) is 0 Å². The molecule has 0 saturated heterocycles. The summed E-state index contributed by atoms with van der Waals surface area (Å²) in [5, 5.41) is 5.30. The molecule has 0 aliphatic rings. The molecule has 1 amide bonds. The Kier molecular flexibility index (Phi) is 7.80. The van der Waals surface area contributed by atoms with E-state index >= 15 is 0 Å². The largest absolute Gasteiger partial charge is 0.492 e. The highest BCUT2D eigenvalue weighted by atomic mass is 35.5. The first kappa shape index (κ1) is 24.9. The van der Waals surface area contributed by atoms with E-state index < -0.39 is 22.5 Å². The second kappa shape index (κ2) is 11.0. The molecule has 0 bridgehead atoms. The number of amides is 1. The highest BCUT2D eigenvalue weighted by Crippen LogP contribution is 2.32. The predicted octanol–water partition coefficient (Wildman–Crippen LogP) is 5.54. The number of anilines is 1. The van der Waals surface area contributed by atoms with Crippen LogP contribution in [-0.2, 0) is 14.8 Å². The number of carbonyl (C=O) groups is 1. The average Bonchev–Trinajstić information content (AvgIpc) is 2.87. The molecule has 180 valence electrons. The van der Waals surface area contributed by atoms with Gasteiger partial charge in [-0.1, -0.05) is 71.7 Å². The van der Waals surface area contributed by atoms with E-state index in [1.165, 1.54) is 24.3 Å². The molecule has 0 aromatic heterocycles. The summed E-state index contributed by atoms with van der Waals surface area (Å²) in [6.07, 6.45) is 0. The number of halogens is 2. The monoisotopic (exact) mass is 528 g/mol. The quantitative estimate of drug-likeness (QED) is 0.289. The van der Waals surface area contributed by atoms with Crippen LogP contribution in [0.3, 0.4) is 0 Å². The van der Waals surface area contributed by atoms with Gasteiger partial charge in [-0.2, -0.15) is 0 Å². The first-order valence-electron chi connectivity index (χ1n) is 10.8. The molecule has 0 heterocycles. The van der Waals surface area contributed by atoms with Gasteiger partial charge in [0.05, 0.1) is 22.2 Å². The molecule has 0 aliphatic heterocycles. The summed E-state index contributed by atoms with van der Waals surface area (Å²) < 4.78 is 33.4. The minimum absolute atomic E-state index is 0.0310. The fraction of sp³-hybridized carbons (Fsp3) is 0.115. The molecule has 0 unspecified atom stereocenters. The molecule has 0 radical (unpaired) electrons. The normalized spacial score (nSPS) is 11.3. The van der Waals surface area contributed by atoms with Crippen molar-refractivity contribution in [1.29, 1.82) is 0 Å². The Morgan fingerprint density at radius 2 is 1.57 bits per heavy atom. The molecule has 6 nitrogen and oxygen atoms in total. The summed E-state index contributed by atoms with van der Waals surface area (Å²) in [6.45, 7) is -0.0745. The van der Waals surface area contributed by atoms with Crippen molar-refractivity contribution in [3.63, 3.8) is 0 Å². The highest BCUT2D eigenvalue weighted by molar-refractivity contribution is 7.92. The number of fused-ring (bicyclic) bond motifs is 1. The second-order valence-corrected chi connectivity index (χ2v) is 10.3. The van der Waals surface area contributed by atoms with E-state index in [0.29, 0.717) is 10.8 Å². The number of hydrogen-bond donors (Lipinski definition) is 1. The Balaban J connectivity index is 1.44. The van der Waals surface area contributed by atoms with Gasteiger partial charge in [-0.05, 0) is 53.2 Å². The first-order chi connectivity index (χ1) is 16.8. The molecular weight excluding hydrogens is 507 g/mol. The highest BCUT2D eigenvalue weighted by Gasteiger charge is 2.28. The Labute approximate surface area is 214 Å². The van der Waals surface area contributed by atoms with Crippen LogP contribution in [0.2, 0.25) is 10.0 Å². The van der Waals surface area contributed by atoms with Gasteiger partial charge in [-0.25, -0.2) is 8.42 Å². The van der Waals surface area contributed by atoms with Crippen molar-refractivity contribution in [3.8, 4) is 5.75 Å². The number of ether oxygens (including phenoxy) is 1. The molecular formula is C26H22Cl2N2O4S. The molecule has 0 aliphatic carbocycles. The van der Waals surface area contributed by atoms with Gasteiger partial charge in [0.1, 0.15) is 18.9 Å². The third kappa shape index (κ3) is 6.06. The van der Waals surface area contributed by atoms with Crippen molar-refractivity contribution in [2.45, 2.75) is 4.90 Å². The summed E-state index contributed by atoms with van der Waals surface area (Å²) in [5.74, 6) is 0.166. The van der Waals surface area contributed by atoms with Crippen molar-refractivity contribution in [2.24, 2.45) is 0 Å². The van der Waals surface area contributed by atoms with E-state index in [-0.39, 0.29) is 28.8 Å². The molecule has 4 aromatic rings. The standard InChI is InChI=1S/C26H22Cl2N2O4S/c27-21-11-13-24(28)25(17-21)30(35(32,33)23-8-2-1-3-9-23)18-26(31)29-14-15-34-22-12-10-19-6-4-5-7-20(19)16-22/h1-13,16-17H,14-15,18H2,(H,29,31). The topological polar surface area (TPSA) is 75.7 Å². The average molecular weight is 529 g/mol. The number of rotatable bonds is 9. The Morgan fingerprint density at radius 1 is 0.857 bits per heavy atom. The molecule has 0 spiro atoms. The lowest BCUT2D eigenvalue weighted by Gasteiger charge is -2.25. The summed E-state index contributed by atoms with van der Waals surface area (Å²) in [4.78, 5) is 12.8. The SMILES string of the molecule is O=C(CN(c1cc(Cl)ccc1Cl)S(=O)(=O)c1ccccc1)NCCOc1ccc2ccccc2c1. The van der Waals surface area contributed by atoms with Crippen LogP contribution >= 0.6 is 23.2 Å². The molecule has 1 N–H and O–H groups in total. The summed E-state index contributed by atoms with van der Waals surface area (Å²) in [7, 11) is -4.08. The molecule has 0 fully saturated rings. The zero-order valence-corrected chi connectivity index (χ0v) is 20.9. The number of carbonyl (C=O) groups excluding carboxylic acids is 1. The van der Waals surface area contributed by atoms with Crippen LogP contribution in [0.1, 0.15) is 0 Å². The predicted molar refractivity (Wildman–Crippen MR) is 140 cm³/mol. The molecule has 35 heavy (non-hydrogen) atoms. The maximum absolute atomic E-state index is 13.4. The number of hydrogen-bond acceptors (Lipinski definition) is 4. The smallest absolute Gasteiger partial charge is 0.264 e. The van der Waals surface area contributed by atoms with E-state index in [9.17, 15) is 13.2 Å². The van der Waals surface area contributed by atoms with Crippen LogP contribution in [0.25, 0.3) is 10.8 Å². The molecule has 4 rings (SSSR count). The van der Waals surface area contributed by atoms with Gasteiger partial charge < -0.3 is 10.1 Å². The van der Waals surface area contributed by atoms with Gasteiger partial charge in [0, 0.05) is 5.02 Å². The molecule has 9 heteroatoms. The second-order valence-electron chi connectivity index (χ2n) is 7.63. The first-order valence-corrected chi connectivity index (χ1v) is 13.0. The van der Waals surface area contributed by atoms with Gasteiger partial charge in [0.25, 0.3) is 10.0 Å². The lowest BCUT2D eigenvalue weighted by molar-refractivity contribution is -0.119. The minimum Gasteiger partial charge on any atom is -0.492 e. The van der Waals surface area contributed by atoms with Gasteiger partial charge >= 0.3 is 0 Å². The van der Waals surface area contributed by atoms with Crippen LogP contribution in [0.15, 0.2) is 95.9 Å². The van der Waals surface area contributed by atoms with Crippen molar-refractivity contribution >= 4 is 55.6 Å². The van der Waals surface area contributed by atoms with E-state index in [1.54, 1.807) is 24.3 Å². The molecule has 0 saturated carbocycles. The number of nitrogens with one attached hydrogen (secondary N) is 1. The van der Waals surface area contributed by atoms with Crippen LogP contribution in [0.5, 0.6) is 5.75 Å². The summed E-state index contributed by atoms with van der Waals surface area (Å²) in [6, 6.07) is 26.0. The lowest BCUT2D eigenvalue weighted by atomic mass is 10.1. The third-order valence-corrected chi connectivity index (χ3v) is 7.54. The zero-order chi connectivity index (χ0) is 24.8. The summed E-state index contributed by atoms with van der Waals surface area (Å²) >= 11 is 12.4. The maximum Gasteiger partial charge on any atom is 0.264 e. The van der Waals surface area contributed by atoms with E-state index in [0.717, 1.165) is 15.1 Å². The van der Waals surface area contributed by atoms with E-state index in [2.05, 4.69) is 5.32 Å². The van der Waals surface area contributed by atoms with Gasteiger partial charge in [-0.3, -0.25) is 9.10 Å². The van der Waals surface area contributed by atoms with E-state index in [4.69, 9.17) is 27.9 Å². The molecule has 4 aromatic carbocycles. The number of nitrogens with zero attached hydrogens (tertiary/aromatic N) is 1. The summed E-state index contributed by atoms with van der Waals surface area (Å²) in [5.41, 5.74) is 0.116. The lowest BCUT2D eigenvalue weighted by Crippen LogP contribution is -2.42. The third-order valence-electron chi connectivity index (χ3n) is 5.21. The fourth-order valence-corrected chi connectivity index (χ4v) is 5.39. The number of benzene rings is 4. The fourth-order valence-electron chi connectivity index (χ4n) is 3.50. The van der Waals surface area contributed by atoms with Crippen LogP contribution < -0.4 is 14.4 Å². The minimum atomic E-state index is -4.08. The van der Waals surface area contributed by atoms with E-state index in [1.807, 2.05) is 42.5 Å². The van der Waals surface area contributed by atoms with Crippen molar-refractivity contribution in [2.75, 3.05) is 24.0 Å². The van der Waals surface area contributed by atoms with Crippen LogP contribution in [-0.4, -0.2) is 34.0 Å². The zero-order valence-electron chi connectivity index (χ0n) is 18.5. The maximum atomic E-state index is 13.4. The van der Waals surface area contributed by atoms with Crippen LogP contribution in [0, 0.1) is 0 Å². The van der Waals surface area contributed by atoms with Crippen molar-refractivity contribution in [3.05, 3.63) is 101 Å².